The van der Waals surface area contributed by atoms with Gasteiger partial charge in [0.2, 0.25) is 11.8 Å². The number of hydrogen-bond donors (Lipinski definition) is 0. The molecule has 0 radical (unpaired) electrons. The van der Waals surface area contributed by atoms with Crippen molar-refractivity contribution in [2.24, 2.45) is 0 Å². The third-order valence-corrected chi connectivity index (χ3v) is 2.44. The van der Waals surface area contributed by atoms with E-state index in [0.717, 1.165) is 0 Å². The van der Waals surface area contributed by atoms with Gasteiger partial charge in [-0.15, -0.1) is 21.8 Å². The van der Waals surface area contributed by atoms with Gasteiger partial charge < -0.3 is 4.42 Å². The Morgan fingerprint density at radius 1 is 1.25 bits per heavy atom. The van der Waals surface area contributed by atoms with Crippen LogP contribution in [0.5, 0.6) is 0 Å². The molecule has 0 aliphatic rings. The second kappa shape index (κ2) is 5.12. The second-order valence-corrected chi connectivity index (χ2v) is 4.07. The van der Waals surface area contributed by atoms with Gasteiger partial charge >= 0.3 is 0 Å². The summed E-state index contributed by atoms with van der Waals surface area (Å²) in [5, 5.41) is 7.91. The van der Waals surface area contributed by atoms with Crippen LogP contribution in [-0.2, 0) is 12.8 Å². The lowest BCUT2D eigenvalue weighted by Gasteiger charge is -1.98. The molecule has 2 rings (SSSR count). The molecular formula is C12H13ClN2O. The van der Waals surface area contributed by atoms with Gasteiger partial charge in [0, 0.05) is 12.3 Å². The first kappa shape index (κ1) is 11.1. The largest absolute Gasteiger partial charge is 0.425 e. The van der Waals surface area contributed by atoms with Crippen LogP contribution in [0.15, 0.2) is 28.7 Å². The van der Waals surface area contributed by atoms with Crippen LogP contribution in [0.1, 0.15) is 22.9 Å². The normalized spacial score (nSPS) is 10.6. The molecule has 1 aromatic heterocycles. The first-order valence-corrected chi connectivity index (χ1v) is 5.74. The summed E-state index contributed by atoms with van der Waals surface area (Å²) in [6, 6.07) is 8.26. The topological polar surface area (TPSA) is 38.9 Å². The van der Waals surface area contributed by atoms with Crippen LogP contribution >= 0.6 is 11.6 Å². The molecule has 0 spiro atoms. The predicted octanol–water partition coefficient (Wildman–Crippen LogP) is 2.75. The van der Waals surface area contributed by atoms with Gasteiger partial charge in [-0.3, -0.25) is 0 Å². The van der Waals surface area contributed by atoms with Crippen LogP contribution in [0.3, 0.4) is 0 Å². The SMILES string of the molecule is Cc1cccc(Cc2nnc(CCCl)o2)c1. The molecule has 4 heteroatoms. The van der Waals surface area contributed by atoms with Crippen LogP contribution in [0.4, 0.5) is 0 Å². The van der Waals surface area contributed by atoms with E-state index in [1.807, 2.05) is 6.07 Å². The van der Waals surface area contributed by atoms with Crippen molar-refractivity contribution in [2.45, 2.75) is 19.8 Å². The van der Waals surface area contributed by atoms with E-state index < -0.39 is 0 Å². The van der Waals surface area contributed by atoms with Gasteiger partial charge in [0.25, 0.3) is 0 Å². The second-order valence-electron chi connectivity index (χ2n) is 3.69. The van der Waals surface area contributed by atoms with Crippen LogP contribution in [-0.4, -0.2) is 16.1 Å². The van der Waals surface area contributed by atoms with Gasteiger partial charge in [0.15, 0.2) is 0 Å². The molecule has 0 saturated heterocycles. The Bertz CT molecular complexity index is 468. The van der Waals surface area contributed by atoms with E-state index in [1.54, 1.807) is 0 Å². The summed E-state index contributed by atoms with van der Waals surface area (Å²) >= 11 is 5.60. The van der Waals surface area contributed by atoms with Crippen molar-refractivity contribution in [3.05, 3.63) is 47.2 Å². The molecule has 0 unspecified atom stereocenters. The zero-order chi connectivity index (χ0) is 11.4. The van der Waals surface area contributed by atoms with E-state index in [0.29, 0.717) is 30.5 Å². The predicted molar refractivity (Wildman–Crippen MR) is 62.7 cm³/mol. The minimum atomic E-state index is 0.506. The first-order chi connectivity index (χ1) is 7.78. The molecule has 0 saturated carbocycles. The fourth-order valence-corrected chi connectivity index (χ4v) is 1.70. The molecule has 16 heavy (non-hydrogen) atoms. The van der Waals surface area contributed by atoms with Crippen LogP contribution < -0.4 is 0 Å². The molecule has 0 atom stereocenters. The highest BCUT2D eigenvalue weighted by Gasteiger charge is 2.06. The maximum Gasteiger partial charge on any atom is 0.220 e. The number of aromatic nitrogens is 2. The standard InChI is InChI=1S/C12H13ClN2O/c1-9-3-2-4-10(7-9)8-12-15-14-11(16-12)5-6-13/h2-4,7H,5-6,8H2,1H3. The monoisotopic (exact) mass is 236 g/mol. The number of aryl methyl sites for hydroxylation is 2. The quantitative estimate of drug-likeness (QED) is 0.767. The average molecular weight is 237 g/mol. The lowest BCUT2D eigenvalue weighted by molar-refractivity contribution is 0.463. The molecule has 0 fully saturated rings. The highest BCUT2D eigenvalue weighted by atomic mass is 35.5. The Morgan fingerprint density at radius 2 is 2.06 bits per heavy atom. The third kappa shape index (κ3) is 2.83. The zero-order valence-electron chi connectivity index (χ0n) is 9.11. The van der Waals surface area contributed by atoms with E-state index in [-0.39, 0.29) is 0 Å². The number of halogens is 1. The Balaban J connectivity index is 2.08. The summed E-state index contributed by atoms with van der Waals surface area (Å²) in [6.45, 7) is 2.07. The summed E-state index contributed by atoms with van der Waals surface area (Å²) in [4.78, 5) is 0. The molecule has 2 aromatic rings. The summed E-state index contributed by atoms with van der Waals surface area (Å²) in [5.41, 5.74) is 2.42. The molecule has 0 aliphatic heterocycles. The Kier molecular flexibility index (Phi) is 3.57. The Labute approximate surface area is 99.5 Å². The fraction of sp³-hybridized carbons (Fsp3) is 0.333. The van der Waals surface area contributed by atoms with Gasteiger partial charge in [0.1, 0.15) is 0 Å². The van der Waals surface area contributed by atoms with E-state index in [1.165, 1.54) is 11.1 Å². The molecule has 0 N–H and O–H groups in total. The Hall–Kier alpha value is -1.35. The zero-order valence-corrected chi connectivity index (χ0v) is 9.87. The van der Waals surface area contributed by atoms with Crippen molar-refractivity contribution in [1.29, 1.82) is 0 Å². The van der Waals surface area contributed by atoms with Gasteiger partial charge in [-0.1, -0.05) is 29.8 Å². The highest BCUT2D eigenvalue weighted by molar-refractivity contribution is 6.17. The van der Waals surface area contributed by atoms with E-state index in [9.17, 15) is 0 Å². The van der Waals surface area contributed by atoms with Gasteiger partial charge in [-0.2, -0.15) is 0 Å². The first-order valence-electron chi connectivity index (χ1n) is 5.20. The van der Waals surface area contributed by atoms with Crippen LogP contribution in [0, 0.1) is 6.92 Å². The minimum Gasteiger partial charge on any atom is -0.425 e. The smallest absolute Gasteiger partial charge is 0.220 e. The van der Waals surface area contributed by atoms with Gasteiger partial charge in [0.05, 0.1) is 6.42 Å². The van der Waals surface area contributed by atoms with E-state index in [2.05, 4.69) is 35.3 Å². The third-order valence-electron chi connectivity index (χ3n) is 2.25. The number of nitrogens with zero attached hydrogens (tertiary/aromatic N) is 2. The molecule has 84 valence electrons. The van der Waals surface area contributed by atoms with Crippen molar-refractivity contribution in [3.8, 4) is 0 Å². The number of rotatable bonds is 4. The molecule has 0 bridgehead atoms. The maximum absolute atomic E-state index is 5.60. The van der Waals surface area contributed by atoms with Crippen molar-refractivity contribution in [2.75, 3.05) is 5.88 Å². The highest BCUT2D eigenvalue weighted by Crippen LogP contribution is 2.10. The number of alkyl halides is 1. The summed E-state index contributed by atoms with van der Waals surface area (Å²) < 4.78 is 5.46. The molecular weight excluding hydrogens is 224 g/mol. The van der Waals surface area contributed by atoms with Crippen molar-refractivity contribution >= 4 is 11.6 Å². The number of hydrogen-bond acceptors (Lipinski definition) is 3. The lowest BCUT2D eigenvalue weighted by Crippen LogP contribution is -1.88. The van der Waals surface area contributed by atoms with Crippen molar-refractivity contribution in [1.82, 2.24) is 10.2 Å². The minimum absolute atomic E-state index is 0.506. The molecule has 0 aliphatic carbocycles. The number of benzene rings is 1. The lowest BCUT2D eigenvalue weighted by atomic mass is 10.1. The molecule has 1 heterocycles. The van der Waals surface area contributed by atoms with E-state index >= 15 is 0 Å². The van der Waals surface area contributed by atoms with Crippen molar-refractivity contribution in [3.63, 3.8) is 0 Å². The Morgan fingerprint density at radius 3 is 2.81 bits per heavy atom. The molecule has 3 nitrogen and oxygen atoms in total. The molecule has 1 aromatic carbocycles. The van der Waals surface area contributed by atoms with Gasteiger partial charge in [-0.25, -0.2) is 0 Å². The average Bonchev–Trinajstić information content (AvgIpc) is 2.66. The molecule has 0 amide bonds. The van der Waals surface area contributed by atoms with Crippen LogP contribution in [0.2, 0.25) is 0 Å². The van der Waals surface area contributed by atoms with Gasteiger partial charge in [-0.05, 0) is 12.5 Å². The van der Waals surface area contributed by atoms with Crippen molar-refractivity contribution < 1.29 is 4.42 Å². The van der Waals surface area contributed by atoms with E-state index in [4.69, 9.17) is 16.0 Å². The summed E-state index contributed by atoms with van der Waals surface area (Å²) in [6.07, 6.45) is 1.30. The summed E-state index contributed by atoms with van der Waals surface area (Å²) in [7, 11) is 0. The maximum atomic E-state index is 5.60. The summed E-state index contributed by atoms with van der Waals surface area (Å²) in [5.74, 6) is 1.76. The van der Waals surface area contributed by atoms with Crippen LogP contribution in [0.25, 0.3) is 0 Å². The fourth-order valence-electron chi connectivity index (χ4n) is 1.54.